The van der Waals surface area contributed by atoms with Crippen LogP contribution in [0.3, 0.4) is 0 Å². The Bertz CT molecular complexity index is 623. The molecule has 1 aromatic heterocycles. The molecule has 0 atom stereocenters. The van der Waals surface area contributed by atoms with Crippen molar-refractivity contribution in [2.24, 2.45) is 0 Å². The van der Waals surface area contributed by atoms with Gasteiger partial charge in [0.15, 0.2) is 0 Å². The Hall–Kier alpha value is -2.03. The molecule has 0 spiro atoms. The third kappa shape index (κ3) is 2.23. The number of hydrogen-bond donors (Lipinski definition) is 0. The lowest BCUT2D eigenvalue weighted by Crippen LogP contribution is -2.02. The van der Waals surface area contributed by atoms with Gasteiger partial charge in [0.2, 0.25) is 0 Å². The van der Waals surface area contributed by atoms with Crippen LogP contribution in [0.1, 0.15) is 11.1 Å². The molecule has 3 nitrogen and oxygen atoms in total. The van der Waals surface area contributed by atoms with Crippen molar-refractivity contribution in [3.05, 3.63) is 52.4 Å². The van der Waals surface area contributed by atoms with Crippen LogP contribution in [0.4, 0.5) is 0 Å². The lowest BCUT2D eigenvalue weighted by atomic mass is 10.1. The van der Waals surface area contributed by atoms with Gasteiger partial charge < -0.3 is 9.15 Å². The molecule has 0 amide bonds. The van der Waals surface area contributed by atoms with Crippen LogP contribution in [0.5, 0.6) is 5.75 Å². The Kier molecular flexibility index (Phi) is 3.00. The number of fused-ring (bicyclic) bond motifs is 1. The first kappa shape index (κ1) is 11.5. The summed E-state index contributed by atoms with van der Waals surface area (Å²) in [4.78, 5) is 11.4. The van der Waals surface area contributed by atoms with Crippen LogP contribution in [0.2, 0.25) is 0 Å². The molecule has 3 heteroatoms. The molecule has 0 aliphatic carbocycles. The van der Waals surface area contributed by atoms with E-state index in [0.29, 0.717) is 17.9 Å². The first-order chi connectivity index (χ1) is 8.11. The van der Waals surface area contributed by atoms with Gasteiger partial charge in [0.05, 0.1) is 11.5 Å². The summed E-state index contributed by atoms with van der Waals surface area (Å²) in [6, 6.07) is 5.29. The molecule has 17 heavy (non-hydrogen) atoms. The van der Waals surface area contributed by atoms with Gasteiger partial charge in [-0.15, -0.1) is 0 Å². The molecule has 1 aromatic carbocycles. The number of rotatable bonds is 3. The second-order valence-corrected chi connectivity index (χ2v) is 3.99. The summed E-state index contributed by atoms with van der Waals surface area (Å²) in [7, 11) is 0. The zero-order valence-corrected chi connectivity index (χ0v) is 9.95. The van der Waals surface area contributed by atoms with Gasteiger partial charge in [-0.2, -0.15) is 0 Å². The highest BCUT2D eigenvalue weighted by Gasteiger charge is 2.09. The van der Waals surface area contributed by atoms with Gasteiger partial charge in [-0.3, -0.25) is 0 Å². The summed E-state index contributed by atoms with van der Waals surface area (Å²) >= 11 is 0. The van der Waals surface area contributed by atoms with Crippen LogP contribution in [0.25, 0.3) is 11.0 Å². The highest BCUT2D eigenvalue weighted by molar-refractivity contribution is 5.86. The van der Waals surface area contributed by atoms with Gasteiger partial charge in [0.25, 0.3) is 0 Å². The molecule has 2 aromatic rings. The molecule has 0 bridgehead atoms. The van der Waals surface area contributed by atoms with Gasteiger partial charge in [-0.25, -0.2) is 4.79 Å². The Balaban J connectivity index is 2.73. The summed E-state index contributed by atoms with van der Waals surface area (Å²) in [5.74, 6) is 0.544. The van der Waals surface area contributed by atoms with E-state index in [0.717, 1.165) is 16.5 Å². The predicted octanol–water partition coefficient (Wildman–Crippen LogP) is 2.97. The molecule has 0 N–H and O–H groups in total. The number of benzene rings is 1. The van der Waals surface area contributed by atoms with Gasteiger partial charge in [-0.1, -0.05) is 18.7 Å². The fraction of sp³-hybridized carbons (Fsp3) is 0.214. The molecule has 0 saturated heterocycles. The van der Waals surface area contributed by atoms with Gasteiger partial charge in [0, 0.05) is 0 Å². The third-order valence-corrected chi connectivity index (χ3v) is 2.49. The average molecular weight is 230 g/mol. The van der Waals surface area contributed by atoms with Gasteiger partial charge in [-0.05, 0) is 31.0 Å². The quantitative estimate of drug-likeness (QED) is 0.601. The fourth-order valence-electron chi connectivity index (χ4n) is 1.86. The van der Waals surface area contributed by atoms with Crippen molar-refractivity contribution in [2.45, 2.75) is 13.8 Å². The number of hydrogen-bond acceptors (Lipinski definition) is 3. The highest BCUT2D eigenvalue weighted by atomic mass is 16.5. The minimum atomic E-state index is -0.400. The molecule has 0 fully saturated rings. The second kappa shape index (κ2) is 4.45. The summed E-state index contributed by atoms with van der Waals surface area (Å²) < 4.78 is 10.7. The maximum Gasteiger partial charge on any atom is 0.339 e. The maximum atomic E-state index is 11.4. The second-order valence-electron chi connectivity index (χ2n) is 3.99. The molecule has 0 saturated carbocycles. The van der Waals surface area contributed by atoms with E-state index in [1.807, 2.05) is 26.0 Å². The first-order valence-corrected chi connectivity index (χ1v) is 5.40. The molecule has 0 radical (unpaired) electrons. The molecular formula is C14H14O3. The normalized spacial score (nSPS) is 10.5. The Morgan fingerprint density at radius 3 is 2.82 bits per heavy atom. The van der Waals surface area contributed by atoms with Gasteiger partial charge >= 0.3 is 5.63 Å². The fourth-order valence-corrected chi connectivity index (χ4v) is 1.86. The third-order valence-electron chi connectivity index (χ3n) is 2.49. The van der Waals surface area contributed by atoms with Gasteiger partial charge in [0.1, 0.15) is 17.9 Å². The molecular weight excluding hydrogens is 216 g/mol. The van der Waals surface area contributed by atoms with E-state index in [1.54, 1.807) is 6.08 Å². The van der Waals surface area contributed by atoms with E-state index in [1.165, 1.54) is 6.07 Å². The van der Waals surface area contributed by atoms with E-state index in [2.05, 4.69) is 6.58 Å². The Morgan fingerprint density at radius 2 is 2.12 bits per heavy atom. The van der Waals surface area contributed by atoms with Crippen molar-refractivity contribution in [2.75, 3.05) is 6.61 Å². The highest BCUT2D eigenvalue weighted by Crippen LogP contribution is 2.27. The number of aryl methyl sites for hydroxylation is 2. The van der Waals surface area contributed by atoms with Crippen molar-refractivity contribution in [1.82, 2.24) is 0 Å². The topological polar surface area (TPSA) is 39.4 Å². The Morgan fingerprint density at radius 1 is 1.35 bits per heavy atom. The number of ether oxygens (including phenoxy) is 1. The van der Waals surface area contributed by atoms with Crippen molar-refractivity contribution >= 4 is 11.0 Å². The van der Waals surface area contributed by atoms with Crippen LogP contribution < -0.4 is 10.4 Å². The molecule has 0 unspecified atom stereocenters. The largest absolute Gasteiger partial charge is 0.489 e. The van der Waals surface area contributed by atoms with E-state index < -0.39 is 5.63 Å². The lowest BCUT2D eigenvalue weighted by Gasteiger charge is -2.08. The van der Waals surface area contributed by atoms with Crippen molar-refractivity contribution in [3.8, 4) is 5.75 Å². The average Bonchev–Trinajstić information content (AvgIpc) is 2.27. The first-order valence-electron chi connectivity index (χ1n) is 5.40. The monoisotopic (exact) mass is 230 g/mol. The molecule has 1 heterocycles. The summed E-state index contributed by atoms with van der Waals surface area (Å²) in [6.45, 7) is 7.86. The minimum Gasteiger partial charge on any atom is -0.489 e. The Labute approximate surface area is 99.3 Å². The minimum absolute atomic E-state index is 0.367. The summed E-state index contributed by atoms with van der Waals surface area (Å²) in [5, 5.41) is 0.823. The molecule has 0 aliphatic rings. The van der Waals surface area contributed by atoms with Crippen molar-refractivity contribution in [1.29, 1.82) is 0 Å². The van der Waals surface area contributed by atoms with Crippen LogP contribution in [-0.4, -0.2) is 6.61 Å². The summed E-state index contributed by atoms with van der Waals surface area (Å²) in [5.41, 5.74) is 2.22. The van der Waals surface area contributed by atoms with E-state index in [4.69, 9.17) is 9.15 Å². The summed E-state index contributed by atoms with van der Waals surface area (Å²) in [6.07, 6.45) is 1.64. The van der Waals surface area contributed by atoms with Crippen LogP contribution >= 0.6 is 0 Å². The zero-order valence-electron chi connectivity index (χ0n) is 9.95. The van der Waals surface area contributed by atoms with E-state index in [9.17, 15) is 4.79 Å². The van der Waals surface area contributed by atoms with E-state index >= 15 is 0 Å². The van der Waals surface area contributed by atoms with Crippen LogP contribution in [0, 0.1) is 13.8 Å². The van der Waals surface area contributed by atoms with E-state index in [-0.39, 0.29) is 0 Å². The smallest absolute Gasteiger partial charge is 0.339 e. The standard InChI is InChI=1S/C14H14O3/c1-4-5-16-12-8-13(15)17-14-10(3)6-9(2)7-11(12)14/h4,6-8H,1,5H2,2-3H3. The SMILES string of the molecule is C=CCOc1cc(=O)oc2c(C)cc(C)cc12. The lowest BCUT2D eigenvalue weighted by molar-refractivity contribution is 0.363. The van der Waals surface area contributed by atoms with Crippen molar-refractivity contribution in [3.63, 3.8) is 0 Å². The predicted molar refractivity (Wildman–Crippen MR) is 67.7 cm³/mol. The maximum absolute atomic E-state index is 11.4. The molecule has 0 aliphatic heterocycles. The van der Waals surface area contributed by atoms with Crippen LogP contribution in [-0.2, 0) is 0 Å². The molecule has 88 valence electrons. The molecule has 2 rings (SSSR count). The van der Waals surface area contributed by atoms with Crippen molar-refractivity contribution < 1.29 is 9.15 Å². The van der Waals surface area contributed by atoms with Crippen LogP contribution in [0.15, 0.2) is 40.1 Å². The zero-order chi connectivity index (χ0) is 12.4.